The molecular formula is C12H16N2O. The molecule has 0 unspecified atom stereocenters. The minimum Gasteiger partial charge on any atom is -0.368 e. The van der Waals surface area contributed by atoms with Crippen LogP contribution in [0.5, 0.6) is 0 Å². The lowest BCUT2D eigenvalue weighted by Crippen LogP contribution is -2.57. The molecule has 0 spiro atoms. The van der Waals surface area contributed by atoms with Gasteiger partial charge >= 0.3 is 0 Å². The summed E-state index contributed by atoms with van der Waals surface area (Å²) in [6.45, 7) is 2.02. The van der Waals surface area contributed by atoms with Crippen LogP contribution >= 0.6 is 0 Å². The number of carbonyl (C=O) groups is 1. The summed E-state index contributed by atoms with van der Waals surface area (Å²) in [6.07, 6.45) is 0.929. The fourth-order valence-electron chi connectivity index (χ4n) is 1.85. The number of aldehydes is 1. The molecule has 1 aromatic carbocycles. The molecule has 2 rings (SSSR count). The molecule has 0 atom stereocenters. The highest BCUT2D eigenvalue weighted by molar-refractivity contribution is 5.84. The Balaban J connectivity index is 2.09. The van der Waals surface area contributed by atoms with Crippen molar-refractivity contribution in [3.8, 4) is 0 Å². The maximum Gasteiger partial charge on any atom is 0.152 e. The van der Waals surface area contributed by atoms with Gasteiger partial charge in [-0.25, -0.2) is 0 Å². The number of anilines is 1. The highest BCUT2D eigenvalue weighted by atomic mass is 16.1. The Morgan fingerprint density at radius 1 is 1.33 bits per heavy atom. The number of rotatable bonds is 3. The van der Waals surface area contributed by atoms with Gasteiger partial charge in [0.05, 0.1) is 0 Å². The molecule has 1 heterocycles. The van der Waals surface area contributed by atoms with Crippen molar-refractivity contribution in [2.75, 3.05) is 32.1 Å². The Morgan fingerprint density at radius 2 is 2.00 bits per heavy atom. The first-order chi connectivity index (χ1) is 7.22. The summed E-state index contributed by atoms with van der Waals surface area (Å²) < 4.78 is 0. The molecule has 3 heteroatoms. The summed E-state index contributed by atoms with van der Waals surface area (Å²) in [5.74, 6) is 0. The molecule has 1 aliphatic heterocycles. The van der Waals surface area contributed by atoms with Crippen LogP contribution in [0.15, 0.2) is 24.3 Å². The van der Waals surface area contributed by atoms with Gasteiger partial charge in [0.25, 0.3) is 0 Å². The van der Waals surface area contributed by atoms with Gasteiger partial charge in [-0.05, 0) is 26.2 Å². The van der Waals surface area contributed by atoms with Crippen molar-refractivity contribution in [3.05, 3.63) is 29.8 Å². The summed E-state index contributed by atoms with van der Waals surface area (Å²) >= 11 is 0. The van der Waals surface area contributed by atoms with Crippen LogP contribution in [0.4, 0.5) is 5.69 Å². The minimum atomic E-state index is 0.615. The normalized spacial score (nSPS) is 16.6. The van der Waals surface area contributed by atoms with Crippen LogP contribution in [0.3, 0.4) is 0 Å². The maximum absolute atomic E-state index is 10.9. The van der Waals surface area contributed by atoms with Crippen LogP contribution in [-0.4, -0.2) is 44.4 Å². The molecular weight excluding hydrogens is 188 g/mol. The third kappa shape index (κ3) is 1.88. The van der Waals surface area contributed by atoms with Gasteiger partial charge in [0, 0.05) is 30.4 Å². The Morgan fingerprint density at radius 3 is 2.60 bits per heavy atom. The Bertz CT molecular complexity index is 356. The van der Waals surface area contributed by atoms with Gasteiger partial charge in [-0.15, -0.1) is 0 Å². The van der Waals surface area contributed by atoms with E-state index in [0.29, 0.717) is 6.04 Å². The Kier molecular flexibility index (Phi) is 2.73. The average Bonchev–Trinajstić information content (AvgIpc) is 2.15. The van der Waals surface area contributed by atoms with Crippen LogP contribution in [0.2, 0.25) is 0 Å². The van der Waals surface area contributed by atoms with Crippen molar-refractivity contribution in [2.24, 2.45) is 0 Å². The molecule has 0 aliphatic carbocycles. The van der Waals surface area contributed by atoms with Crippen molar-refractivity contribution >= 4 is 12.0 Å². The zero-order valence-corrected chi connectivity index (χ0v) is 9.18. The number of para-hydroxylation sites is 1. The molecule has 1 aliphatic rings. The van der Waals surface area contributed by atoms with E-state index in [-0.39, 0.29) is 0 Å². The van der Waals surface area contributed by atoms with Crippen molar-refractivity contribution < 1.29 is 4.79 Å². The Hall–Kier alpha value is -1.35. The first kappa shape index (κ1) is 10.2. The summed E-state index contributed by atoms with van der Waals surface area (Å²) in [5.41, 5.74) is 1.85. The van der Waals surface area contributed by atoms with Crippen molar-refractivity contribution in [2.45, 2.75) is 6.04 Å². The van der Waals surface area contributed by atoms with E-state index < -0.39 is 0 Å². The number of benzene rings is 1. The van der Waals surface area contributed by atoms with Crippen molar-refractivity contribution in [3.63, 3.8) is 0 Å². The molecule has 1 saturated heterocycles. The number of hydrogen-bond acceptors (Lipinski definition) is 3. The van der Waals surface area contributed by atoms with E-state index in [1.54, 1.807) is 0 Å². The van der Waals surface area contributed by atoms with Crippen LogP contribution in [-0.2, 0) is 0 Å². The summed E-state index contributed by atoms with van der Waals surface area (Å²) in [5, 5.41) is 0. The zero-order chi connectivity index (χ0) is 10.8. The van der Waals surface area contributed by atoms with Crippen LogP contribution in [0, 0.1) is 0 Å². The molecule has 15 heavy (non-hydrogen) atoms. The molecule has 0 radical (unpaired) electrons. The lowest BCUT2D eigenvalue weighted by molar-refractivity contribution is 0.112. The molecule has 3 nitrogen and oxygen atoms in total. The molecule has 80 valence electrons. The third-order valence-corrected chi connectivity index (χ3v) is 3.00. The Labute approximate surface area is 90.3 Å². The third-order valence-electron chi connectivity index (χ3n) is 3.00. The largest absolute Gasteiger partial charge is 0.368 e. The molecule has 0 amide bonds. The first-order valence-corrected chi connectivity index (χ1v) is 5.18. The second-order valence-electron chi connectivity index (χ2n) is 4.20. The quantitative estimate of drug-likeness (QED) is 0.692. The monoisotopic (exact) mass is 204 g/mol. The molecule has 0 N–H and O–H groups in total. The number of nitrogens with zero attached hydrogens (tertiary/aromatic N) is 2. The number of carbonyl (C=O) groups excluding carboxylic acids is 1. The topological polar surface area (TPSA) is 23.6 Å². The first-order valence-electron chi connectivity index (χ1n) is 5.18. The van der Waals surface area contributed by atoms with Crippen molar-refractivity contribution in [1.29, 1.82) is 0 Å². The fourth-order valence-corrected chi connectivity index (χ4v) is 1.85. The molecule has 0 saturated carbocycles. The highest BCUT2D eigenvalue weighted by Crippen LogP contribution is 2.25. The van der Waals surface area contributed by atoms with E-state index in [9.17, 15) is 4.79 Å². The fraction of sp³-hybridized carbons (Fsp3) is 0.417. The molecule has 0 bridgehead atoms. The lowest BCUT2D eigenvalue weighted by atomic mass is 10.0. The van der Waals surface area contributed by atoms with E-state index in [1.807, 2.05) is 24.3 Å². The van der Waals surface area contributed by atoms with Crippen molar-refractivity contribution in [1.82, 2.24) is 4.90 Å². The van der Waals surface area contributed by atoms with E-state index >= 15 is 0 Å². The van der Waals surface area contributed by atoms with Crippen LogP contribution in [0.25, 0.3) is 0 Å². The SMILES string of the molecule is CN(C)C1CN(c2ccccc2C=O)C1. The smallest absolute Gasteiger partial charge is 0.152 e. The second-order valence-corrected chi connectivity index (χ2v) is 4.20. The van der Waals surface area contributed by atoms with E-state index in [0.717, 1.165) is 30.6 Å². The van der Waals surface area contributed by atoms with Crippen LogP contribution < -0.4 is 4.90 Å². The summed E-state index contributed by atoms with van der Waals surface area (Å²) in [7, 11) is 4.18. The standard InChI is InChI=1S/C12H16N2O/c1-13(2)11-7-14(8-11)12-6-4-3-5-10(12)9-15/h3-6,9,11H,7-8H2,1-2H3. The molecule has 0 aromatic heterocycles. The second kappa shape index (κ2) is 4.03. The maximum atomic E-state index is 10.9. The molecule has 1 aromatic rings. The average molecular weight is 204 g/mol. The van der Waals surface area contributed by atoms with Gasteiger partial charge < -0.3 is 9.80 Å². The van der Waals surface area contributed by atoms with Gasteiger partial charge in [0.15, 0.2) is 6.29 Å². The lowest BCUT2D eigenvalue weighted by Gasteiger charge is -2.44. The number of likely N-dealkylation sites (N-methyl/N-ethyl adjacent to an activating group) is 1. The van der Waals surface area contributed by atoms with E-state index in [2.05, 4.69) is 23.9 Å². The van der Waals surface area contributed by atoms with Gasteiger partial charge in [0.2, 0.25) is 0 Å². The highest BCUT2D eigenvalue weighted by Gasteiger charge is 2.29. The van der Waals surface area contributed by atoms with Gasteiger partial charge in [-0.1, -0.05) is 12.1 Å². The number of hydrogen-bond donors (Lipinski definition) is 0. The van der Waals surface area contributed by atoms with E-state index in [1.165, 1.54) is 0 Å². The predicted molar refractivity (Wildman–Crippen MR) is 61.5 cm³/mol. The molecule has 1 fully saturated rings. The van der Waals surface area contributed by atoms with Crippen LogP contribution in [0.1, 0.15) is 10.4 Å². The van der Waals surface area contributed by atoms with E-state index in [4.69, 9.17) is 0 Å². The van der Waals surface area contributed by atoms with Gasteiger partial charge in [-0.3, -0.25) is 4.79 Å². The summed E-state index contributed by atoms with van der Waals surface area (Å²) in [6, 6.07) is 8.37. The van der Waals surface area contributed by atoms with Gasteiger partial charge in [-0.2, -0.15) is 0 Å². The predicted octanol–water partition coefficient (Wildman–Crippen LogP) is 1.25. The zero-order valence-electron chi connectivity index (χ0n) is 9.18. The minimum absolute atomic E-state index is 0.615. The van der Waals surface area contributed by atoms with Gasteiger partial charge in [0.1, 0.15) is 0 Å². The summed E-state index contributed by atoms with van der Waals surface area (Å²) in [4.78, 5) is 15.3.